The van der Waals surface area contributed by atoms with Crippen LogP contribution in [0, 0.1) is 18.8 Å². The van der Waals surface area contributed by atoms with Crippen LogP contribution in [0.5, 0.6) is 0 Å². The highest BCUT2D eigenvalue weighted by atomic mass is 79.9. The number of hydrogen-bond donors (Lipinski definition) is 0. The normalized spacial score (nSPS) is 25.6. The van der Waals surface area contributed by atoms with Gasteiger partial charge in [0, 0.05) is 4.47 Å². The van der Waals surface area contributed by atoms with Gasteiger partial charge < -0.3 is 0 Å². The summed E-state index contributed by atoms with van der Waals surface area (Å²) in [5.74, 6) is -0.480. The van der Waals surface area contributed by atoms with Gasteiger partial charge in [-0.05, 0) is 67.2 Å². The molecule has 3 rings (SSSR count). The lowest BCUT2D eigenvalue weighted by molar-refractivity contribution is -0.122. The van der Waals surface area contributed by atoms with Crippen LogP contribution < -0.4 is 4.90 Å². The van der Waals surface area contributed by atoms with Crippen LogP contribution in [-0.4, -0.2) is 11.8 Å². The van der Waals surface area contributed by atoms with E-state index in [-0.39, 0.29) is 23.7 Å². The van der Waals surface area contributed by atoms with Gasteiger partial charge in [-0.15, -0.1) is 0 Å². The standard InChI is InChI=1S/C17H18BrNO2/c1-9-4-5-15(14(18)6-9)19-16(20)12-7-10(2)11(3)8-13(12)17(19)21/h4-6,12-13H,7-8H2,1-3H3. The second kappa shape index (κ2) is 5.09. The zero-order chi connectivity index (χ0) is 15.3. The summed E-state index contributed by atoms with van der Waals surface area (Å²) < 4.78 is 0.796. The molecular formula is C17H18BrNO2. The van der Waals surface area contributed by atoms with Gasteiger partial charge in [-0.2, -0.15) is 0 Å². The number of allylic oxidation sites excluding steroid dienone is 2. The fourth-order valence-corrected chi connectivity index (χ4v) is 3.95. The Morgan fingerprint density at radius 2 is 1.52 bits per heavy atom. The predicted molar refractivity (Wildman–Crippen MR) is 86.0 cm³/mol. The molecule has 2 atom stereocenters. The number of aryl methyl sites for hydroxylation is 1. The van der Waals surface area contributed by atoms with Crippen LogP contribution in [0.2, 0.25) is 0 Å². The van der Waals surface area contributed by atoms with Crippen LogP contribution in [0.3, 0.4) is 0 Å². The Balaban J connectivity index is 2.00. The number of halogens is 1. The minimum atomic E-state index is -0.186. The number of rotatable bonds is 1. The van der Waals surface area contributed by atoms with Crippen molar-refractivity contribution in [3.8, 4) is 0 Å². The third-order valence-corrected chi connectivity index (χ3v) is 5.32. The maximum absolute atomic E-state index is 12.7. The second-order valence-electron chi connectivity index (χ2n) is 6.15. The van der Waals surface area contributed by atoms with Crippen molar-refractivity contribution in [2.24, 2.45) is 11.8 Å². The van der Waals surface area contributed by atoms with Crippen molar-refractivity contribution in [3.63, 3.8) is 0 Å². The Bertz CT molecular complexity index is 645. The lowest BCUT2D eigenvalue weighted by Crippen LogP contribution is -2.31. The number of carbonyl (C=O) groups is 2. The first-order valence-electron chi connectivity index (χ1n) is 7.19. The molecule has 0 bridgehead atoms. The van der Waals surface area contributed by atoms with E-state index in [0.717, 1.165) is 10.0 Å². The minimum absolute atomic E-state index is 0.0543. The molecule has 1 aliphatic carbocycles. The first-order chi connectivity index (χ1) is 9.90. The van der Waals surface area contributed by atoms with E-state index in [1.54, 1.807) is 0 Å². The molecule has 3 nitrogen and oxygen atoms in total. The monoisotopic (exact) mass is 347 g/mol. The third kappa shape index (κ3) is 2.26. The van der Waals surface area contributed by atoms with E-state index in [1.807, 2.05) is 25.1 Å². The first kappa shape index (κ1) is 14.5. The van der Waals surface area contributed by atoms with E-state index >= 15 is 0 Å². The van der Waals surface area contributed by atoms with Gasteiger partial charge in [-0.1, -0.05) is 17.2 Å². The quantitative estimate of drug-likeness (QED) is 0.568. The van der Waals surface area contributed by atoms with Gasteiger partial charge in [-0.25, -0.2) is 4.90 Å². The molecule has 0 radical (unpaired) electrons. The number of imide groups is 1. The average molecular weight is 348 g/mol. The van der Waals surface area contributed by atoms with E-state index in [2.05, 4.69) is 29.8 Å². The second-order valence-corrected chi connectivity index (χ2v) is 7.00. The van der Waals surface area contributed by atoms with Crippen molar-refractivity contribution in [1.29, 1.82) is 0 Å². The van der Waals surface area contributed by atoms with Crippen LogP contribution in [0.4, 0.5) is 5.69 Å². The van der Waals surface area contributed by atoms with Crippen molar-refractivity contribution in [3.05, 3.63) is 39.4 Å². The predicted octanol–water partition coefficient (Wildman–Crippen LogP) is 3.99. The van der Waals surface area contributed by atoms with Crippen molar-refractivity contribution in [1.82, 2.24) is 0 Å². The summed E-state index contributed by atoms with van der Waals surface area (Å²) in [5.41, 5.74) is 4.26. The molecule has 0 N–H and O–H groups in total. The summed E-state index contributed by atoms with van der Waals surface area (Å²) in [6, 6.07) is 5.71. The largest absolute Gasteiger partial charge is 0.274 e. The molecule has 1 fully saturated rings. The van der Waals surface area contributed by atoms with Gasteiger partial charge in [0.15, 0.2) is 0 Å². The molecule has 1 aromatic rings. The fourth-order valence-electron chi connectivity index (χ4n) is 3.28. The Hall–Kier alpha value is -1.42. The molecule has 0 aromatic heterocycles. The van der Waals surface area contributed by atoms with Gasteiger partial charge >= 0.3 is 0 Å². The summed E-state index contributed by atoms with van der Waals surface area (Å²) in [6.45, 7) is 6.11. The van der Waals surface area contributed by atoms with E-state index in [0.29, 0.717) is 18.5 Å². The zero-order valence-electron chi connectivity index (χ0n) is 12.4. The highest BCUT2D eigenvalue weighted by Gasteiger charge is 2.49. The van der Waals surface area contributed by atoms with Crippen LogP contribution in [0.1, 0.15) is 32.3 Å². The summed E-state index contributed by atoms with van der Waals surface area (Å²) in [7, 11) is 0. The summed E-state index contributed by atoms with van der Waals surface area (Å²) in [5, 5.41) is 0. The van der Waals surface area contributed by atoms with Crippen molar-refractivity contribution in [2.45, 2.75) is 33.6 Å². The lowest BCUT2D eigenvalue weighted by Gasteiger charge is -2.23. The van der Waals surface area contributed by atoms with Crippen LogP contribution in [-0.2, 0) is 9.59 Å². The minimum Gasteiger partial charge on any atom is -0.274 e. The Kier molecular flexibility index (Phi) is 3.52. The number of nitrogens with zero attached hydrogens (tertiary/aromatic N) is 1. The maximum atomic E-state index is 12.7. The summed E-state index contributed by atoms with van der Waals surface area (Å²) >= 11 is 3.48. The maximum Gasteiger partial charge on any atom is 0.238 e. The molecule has 1 aliphatic heterocycles. The molecule has 2 unspecified atom stereocenters. The molecule has 21 heavy (non-hydrogen) atoms. The molecule has 1 heterocycles. The zero-order valence-corrected chi connectivity index (χ0v) is 14.0. The Morgan fingerprint density at radius 3 is 2.00 bits per heavy atom. The van der Waals surface area contributed by atoms with Gasteiger partial charge in [0.2, 0.25) is 11.8 Å². The molecule has 110 valence electrons. The highest BCUT2D eigenvalue weighted by molar-refractivity contribution is 9.10. The molecule has 0 spiro atoms. The van der Waals surface area contributed by atoms with Gasteiger partial charge in [0.05, 0.1) is 17.5 Å². The summed E-state index contributed by atoms with van der Waals surface area (Å²) in [4.78, 5) is 26.8. The van der Waals surface area contributed by atoms with Gasteiger partial charge in [0.1, 0.15) is 0 Å². The van der Waals surface area contributed by atoms with E-state index < -0.39 is 0 Å². The number of hydrogen-bond acceptors (Lipinski definition) is 2. The SMILES string of the molecule is CC1=C(C)CC2C(=O)N(c3ccc(C)cc3Br)C(=O)C2C1. The van der Waals surface area contributed by atoms with Gasteiger partial charge in [-0.3, -0.25) is 9.59 Å². The van der Waals surface area contributed by atoms with E-state index in [1.165, 1.54) is 16.0 Å². The van der Waals surface area contributed by atoms with E-state index in [4.69, 9.17) is 0 Å². The fraction of sp³-hybridized carbons (Fsp3) is 0.412. The third-order valence-electron chi connectivity index (χ3n) is 4.69. The molecule has 4 heteroatoms. The summed E-state index contributed by atoms with van der Waals surface area (Å²) in [6.07, 6.45) is 1.42. The Labute approximate surface area is 133 Å². The van der Waals surface area contributed by atoms with Crippen LogP contribution in [0.15, 0.2) is 33.8 Å². The van der Waals surface area contributed by atoms with Crippen molar-refractivity contribution < 1.29 is 9.59 Å². The molecule has 0 saturated carbocycles. The molecular weight excluding hydrogens is 330 g/mol. The van der Waals surface area contributed by atoms with Gasteiger partial charge in [0.25, 0.3) is 0 Å². The molecule has 2 amide bonds. The number of amides is 2. The van der Waals surface area contributed by atoms with Crippen molar-refractivity contribution in [2.75, 3.05) is 4.90 Å². The molecule has 2 aliphatic rings. The Morgan fingerprint density at radius 1 is 1.00 bits per heavy atom. The number of carbonyl (C=O) groups excluding carboxylic acids is 2. The van der Waals surface area contributed by atoms with Crippen LogP contribution in [0.25, 0.3) is 0 Å². The van der Waals surface area contributed by atoms with E-state index in [9.17, 15) is 9.59 Å². The lowest BCUT2D eigenvalue weighted by atomic mass is 9.78. The topological polar surface area (TPSA) is 37.4 Å². The molecule has 1 aromatic carbocycles. The number of anilines is 1. The molecule has 1 saturated heterocycles. The average Bonchev–Trinajstić information content (AvgIpc) is 2.64. The van der Waals surface area contributed by atoms with Crippen LogP contribution >= 0.6 is 15.9 Å². The first-order valence-corrected chi connectivity index (χ1v) is 7.98. The number of fused-ring (bicyclic) bond motifs is 1. The highest BCUT2D eigenvalue weighted by Crippen LogP contribution is 2.43. The smallest absolute Gasteiger partial charge is 0.238 e. The number of benzene rings is 1. The van der Waals surface area contributed by atoms with Crippen molar-refractivity contribution >= 4 is 33.4 Å².